The first-order valence-electron chi connectivity index (χ1n) is 11.0. The number of ether oxygens (including phenoxy) is 3. The van der Waals surface area contributed by atoms with Crippen molar-refractivity contribution in [3.8, 4) is 11.5 Å². The number of nitrogens with two attached hydrogens (primary N) is 2. The molecule has 176 valence electrons. The molecular weight excluding hydrogens is 432 g/mol. The van der Waals surface area contributed by atoms with Crippen LogP contribution in [0.4, 0.5) is 11.4 Å². The lowest BCUT2D eigenvalue weighted by Crippen LogP contribution is -2.06. The summed E-state index contributed by atoms with van der Waals surface area (Å²) < 4.78 is 16.2. The summed E-state index contributed by atoms with van der Waals surface area (Å²) in [6.45, 7) is 2.82. The highest BCUT2D eigenvalue weighted by Crippen LogP contribution is 2.19. The number of anilines is 2. The summed E-state index contributed by atoms with van der Waals surface area (Å²) in [4.78, 5) is 24.4. The van der Waals surface area contributed by atoms with Crippen molar-refractivity contribution in [2.75, 3.05) is 18.1 Å². The SMILES string of the molecule is CCCCOc1ccc(OC(=O)C=Cc2ccc(C(=O)OCc3cc(N)cc(N)c3)cc2)cc1. The fourth-order valence-electron chi connectivity index (χ4n) is 3.04. The molecule has 0 spiro atoms. The Labute approximate surface area is 198 Å². The summed E-state index contributed by atoms with van der Waals surface area (Å²) >= 11 is 0. The Kier molecular flexibility index (Phi) is 8.68. The van der Waals surface area contributed by atoms with E-state index in [4.69, 9.17) is 25.7 Å². The van der Waals surface area contributed by atoms with Gasteiger partial charge in [-0.25, -0.2) is 9.59 Å². The summed E-state index contributed by atoms with van der Waals surface area (Å²) in [5.74, 6) is 0.180. The van der Waals surface area contributed by atoms with Crippen LogP contribution < -0.4 is 20.9 Å². The van der Waals surface area contributed by atoms with Crippen LogP contribution in [0.15, 0.2) is 72.8 Å². The highest BCUT2D eigenvalue weighted by Gasteiger charge is 2.08. The number of unbranched alkanes of at least 4 members (excludes halogenated alkanes) is 1. The van der Waals surface area contributed by atoms with Crippen LogP contribution in [-0.4, -0.2) is 18.5 Å². The summed E-state index contributed by atoms with van der Waals surface area (Å²) in [7, 11) is 0. The van der Waals surface area contributed by atoms with Gasteiger partial charge in [0.25, 0.3) is 0 Å². The normalized spacial score (nSPS) is 10.7. The van der Waals surface area contributed by atoms with Crippen LogP contribution in [0.2, 0.25) is 0 Å². The summed E-state index contributed by atoms with van der Waals surface area (Å²) in [6.07, 6.45) is 4.98. The number of carbonyl (C=O) groups is 2. The molecule has 0 aromatic heterocycles. The van der Waals surface area contributed by atoms with Crippen molar-refractivity contribution >= 4 is 29.4 Å². The van der Waals surface area contributed by atoms with Gasteiger partial charge in [0.15, 0.2) is 0 Å². The Hall–Kier alpha value is -4.26. The van der Waals surface area contributed by atoms with Gasteiger partial charge in [-0.05, 0) is 78.2 Å². The summed E-state index contributed by atoms with van der Waals surface area (Å²) in [5, 5.41) is 0. The number of esters is 2. The second kappa shape index (κ2) is 12.1. The molecule has 0 aliphatic carbocycles. The molecule has 0 bridgehead atoms. The van der Waals surface area contributed by atoms with Crippen LogP contribution in [0.1, 0.15) is 41.3 Å². The van der Waals surface area contributed by atoms with Crippen LogP contribution in [-0.2, 0) is 16.1 Å². The molecule has 0 aliphatic heterocycles. The van der Waals surface area contributed by atoms with Gasteiger partial charge in [-0.3, -0.25) is 0 Å². The lowest BCUT2D eigenvalue weighted by atomic mass is 10.1. The highest BCUT2D eigenvalue weighted by atomic mass is 16.5. The number of nitrogen functional groups attached to an aromatic ring is 2. The topological polar surface area (TPSA) is 114 Å². The third-order valence-corrected chi connectivity index (χ3v) is 4.77. The number of rotatable bonds is 10. The van der Waals surface area contributed by atoms with Crippen molar-refractivity contribution in [1.29, 1.82) is 0 Å². The molecule has 0 heterocycles. The first kappa shape index (κ1) is 24.4. The van der Waals surface area contributed by atoms with Crippen LogP contribution in [0, 0.1) is 0 Å². The van der Waals surface area contributed by atoms with Crippen molar-refractivity contribution in [2.24, 2.45) is 0 Å². The van der Waals surface area contributed by atoms with E-state index >= 15 is 0 Å². The quantitative estimate of drug-likeness (QED) is 0.144. The van der Waals surface area contributed by atoms with Crippen molar-refractivity contribution in [1.82, 2.24) is 0 Å². The average molecular weight is 461 g/mol. The Morgan fingerprint density at radius 2 is 1.53 bits per heavy atom. The maximum Gasteiger partial charge on any atom is 0.338 e. The van der Waals surface area contributed by atoms with Gasteiger partial charge in [-0.1, -0.05) is 25.5 Å². The van der Waals surface area contributed by atoms with E-state index in [1.54, 1.807) is 72.8 Å². The third-order valence-electron chi connectivity index (χ3n) is 4.77. The van der Waals surface area contributed by atoms with Crippen molar-refractivity contribution in [3.63, 3.8) is 0 Å². The molecule has 0 saturated heterocycles. The number of carbonyl (C=O) groups excluding carboxylic acids is 2. The van der Waals surface area contributed by atoms with Gasteiger partial charge >= 0.3 is 11.9 Å². The first-order chi connectivity index (χ1) is 16.4. The highest BCUT2D eigenvalue weighted by molar-refractivity contribution is 5.91. The van der Waals surface area contributed by atoms with E-state index in [9.17, 15) is 9.59 Å². The van der Waals surface area contributed by atoms with E-state index in [2.05, 4.69) is 6.92 Å². The number of benzene rings is 3. The minimum absolute atomic E-state index is 0.0629. The zero-order chi connectivity index (χ0) is 24.3. The van der Waals surface area contributed by atoms with Crippen molar-refractivity contribution < 1.29 is 23.8 Å². The van der Waals surface area contributed by atoms with E-state index in [0.717, 1.165) is 24.2 Å². The maximum atomic E-state index is 12.3. The molecule has 7 nitrogen and oxygen atoms in total. The Morgan fingerprint density at radius 1 is 0.882 bits per heavy atom. The maximum absolute atomic E-state index is 12.3. The molecule has 7 heteroatoms. The van der Waals surface area contributed by atoms with Crippen LogP contribution in [0.5, 0.6) is 11.5 Å². The smallest absolute Gasteiger partial charge is 0.338 e. The molecule has 34 heavy (non-hydrogen) atoms. The minimum atomic E-state index is -0.510. The molecule has 0 saturated carbocycles. The molecule has 3 rings (SSSR count). The van der Waals surface area contributed by atoms with Crippen LogP contribution >= 0.6 is 0 Å². The molecular formula is C27H28N2O5. The molecule has 0 aliphatic rings. The second-order valence-electron chi connectivity index (χ2n) is 7.63. The van der Waals surface area contributed by atoms with Gasteiger partial charge in [0.2, 0.25) is 0 Å². The van der Waals surface area contributed by atoms with Crippen molar-refractivity contribution in [2.45, 2.75) is 26.4 Å². The van der Waals surface area contributed by atoms with E-state index < -0.39 is 11.9 Å². The molecule has 0 fully saturated rings. The average Bonchev–Trinajstić information content (AvgIpc) is 2.82. The number of hydrogen-bond acceptors (Lipinski definition) is 7. The predicted octanol–water partition coefficient (Wildman–Crippen LogP) is 5.01. The molecule has 3 aromatic rings. The third kappa shape index (κ3) is 7.70. The fraction of sp³-hybridized carbons (Fsp3) is 0.185. The lowest BCUT2D eigenvalue weighted by Gasteiger charge is -2.07. The zero-order valence-corrected chi connectivity index (χ0v) is 19.0. The van der Waals surface area contributed by atoms with Gasteiger partial charge in [0.05, 0.1) is 12.2 Å². The number of hydrogen-bond donors (Lipinski definition) is 2. The summed E-state index contributed by atoms with van der Waals surface area (Å²) in [6, 6.07) is 18.6. The Bertz CT molecular complexity index is 1120. The summed E-state index contributed by atoms with van der Waals surface area (Å²) in [5.41, 5.74) is 14.3. The van der Waals surface area contributed by atoms with E-state index in [0.29, 0.717) is 34.9 Å². The van der Waals surface area contributed by atoms with Gasteiger partial charge in [-0.15, -0.1) is 0 Å². The second-order valence-corrected chi connectivity index (χ2v) is 7.63. The molecule has 4 N–H and O–H groups in total. The first-order valence-corrected chi connectivity index (χ1v) is 11.0. The molecule has 3 aromatic carbocycles. The van der Waals surface area contributed by atoms with Crippen LogP contribution in [0.25, 0.3) is 6.08 Å². The lowest BCUT2D eigenvalue weighted by molar-refractivity contribution is -0.128. The molecule has 0 amide bonds. The minimum Gasteiger partial charge on any atom is -0.494 e. The van der Waals surface area contributed by atoms with Gasteiger partial charge in [0, 0.05) is 17.5 Å². The van der Waals surface area contributed by atoms with E-state index in [1.807, 2.05) is 0 Å². The molecule has 0 unspecified atom stereocenters. The van der Waals surface area contributed by atoms with Gasteiger partial charge in [0.1, 0.15) is 18.1 Å². The Morgan fingerprint density at radius 3 is 2.18 bits per heavy atom. The zero-order valence-electron chi connectivity index (χ0n) is 19.0. The van der Waals surface area contributed by atoms with Gasteiger partial charge in [-0.2, -0.15) is 0 Å². The van der Waals surface area contributed by atoms with Crippen molar-refractivity contribution in [3.05, 3.63) is 89.5 Å². The molecule has 0 atom stereocenters. The predicted molar refractivity (Wildman–Crippen MR) is 132 cm³/mol. The standard InChI is InChI=1S/C27H28N2O5/c1-2-3-14-32-24-9-11-25(12-10-24)34-26(30)13-6-19-4-7-21(8-5-19)27(31)33-18-20-15-22(28)17-23(29)16-20/h4-13,15-17H,2-3,14,18,28-29H2,1H3. The van der Waals surface area contributed by atoms with E-state index in [-0.39, 0.29) is 6.61 Å². The Balaban J connectivity index is 1.48. The van der Waals surface area contributed by atoms with Gasteiger partial charge < -0.3 is 25.7 Å². The fourth-order valence-corrected chi connectivity index (χ4v) is 3.04. The van der Waals surface area contributed by atoms with Crippen LogP contribution in [0.3, 0.4) is 0 Å². The monoisotopic (exact) mass is 460 g/mol. The largest absolute Gasteiger partial charge is 0.494 e. The van der Waals surface area contributed by atoms with E-state index in [1.165, 1.54) is 6.08 Å². The molecule has 0 radical (unpaired) electrons.